The summed E-state index contributed by atoms with van der Waals surface area (Å²) in [6.45, 7) is 18.6. The second-order valence-electron chi connectivity index (χ2n) is 8.39. The van der Waals surface area contributed by atoms with E-state index in [1.54, 1.807) is 6.08 Å². The van der Waals surface area contributed by atoms with E-state index in [-0.39, 0.29) is 5.91 Å². The second kappa shape index (κ2) is 11.6. The molecule has 0 aliphatic heterocycles. The molecule has 2 N–H and O–H groups in total. The standard InChI is InChI=1S/C23H36N2O4/c1-8-10-28-11-9-16(2)12-19-13-17(3)14-20(24-18(4)26)15-21(19)25-22(27)29-23(5,6)7/h15H,2-3,8-14H2,1,4-7H3,(H,24,26)(H,25,27). The van der Waals surface area contributed by atoms with E-state index < -0.39 is 11.7 Å². The highest BCUT2D eigenvalue weighted by Crippen LogP contribution is 2.29. The van der Waals surface area contributed by atoms with Crippen LogP contribution >= 0.6 is 0 Å². The molecule has 0 unspecified atom stereocenters. The molecule has 29 heavy (non-hydrogen) atoms. The van der Waals surface area contributed by atoms with Crippen molar-refractivity contribution >= 4 is 12.0 Å². The van der Waals surface area contributed by atoms with Crippen LogP contribution in [-0.4, -0.2) is 30.8 Å². The molecule has 1 aliphatic rings. The number of carbonyl (C=O) groups is 2. The van der Waals surface area contributed by atoms with Crippen LogP contribution in [0.3, 0.4) is 0 Å². The summed E-state index contributed by atoms with van der Waals surface area (Å²) in [5.41, 5.74) is 3.67. The van der Waals surface area contributed by atoms with Gasteiger partial charge in [0.1, 0.15) is 5.60 Å². The Morgan fingerprint density at radius 1 is 1.17 bits per heavy atom. The van der Waals surface area contributed by atoms with Gasteiger partial charge in [-0.05, 0) is 58.1 Å². The lowest BCUT2D eigenvalue weighted by Gasteiger charge is -2.21. The first-order valence-corrected chi connectivity index (χ1v) is 10.1. The van der Waals surface area contributed by atoms with Gasteiger partial charge in [0, 0.05) is 31.3 Å². The molecule has 0 spiro atoms. The fraction of sp³-hybridized carbons (Fsp3) is 0.565. The van der Waals surface area contributed by atoms with Gasteiger partial charge in [-0.1, -0.05) is 31.2 Å². The Balaban J connectivity index is 3.06. The van der Waals surface area contributed by atoms with E-state index >= 15 is 0 Å². The summed E-state index contributed by atoms with van der Waals surface area (Å²) in [5, 5.41) is 5.67. The fourth-order valence-corrected chi connectivity index (χ4v) is 2.91. The summed E-state index contributed by atoms with van der Waals surface area (Å²) in [4.78, 5) is 23.9. The number of hydrogen-bond acceptors (Lipinski definition) is 4. The summed E-state index contributed by atoms with van der Waals surface area (Å²) >= 11 is 0. The highest BCUT2D eigenvalue weighted by Gasteiger charge is 2.21. The Hall–Kier alpha value is -2.34. The van der Waals surface area contributed by atoms with E-state index in [0.717, 1.165) is 36.2 Å². The molecule has 1 rings (SSSR count). The van der Waals surface area contributed by atoms with Crippen LogP contribution < -0.4 is 10.6 Å². The van der Waals surface area contributed by atoms with Gasteiger partial charge in [-0.3, -0.25) is 10.1 Å². The van der Waals surface area contributed by atoms with Crippen LogP contribution in [0.15, 0.2) is 47.3 Å². The first-order valence-electron chi connectivity index (χ1n) is 10.1. The zero-order valence-corrected chi connectivity index (χ0v) is 18.6. The Labute approximate surface area is 175 Å². The second-order valence-corrected chi connectivity index (χ2v) is 8.39. The number of hydrogen-bond donors (Lipinski definition) is 2. The predicted molar refractivity (Wildman–Crippen MR) is 116 cm³/mol. The maximum Gasteiger partial charge on any atom is 0.412 e. The van der Waals surface area contributed by atoms with Crippen LogP contribution in [0.25, 0.3) is 0 Å². The van der Waals surface area contributed by atoms with Crippen molar-refractivity contribution in [2.45, 2.75) is 72.3 Å². The van der Waals surface area contributed by atoms with Crippen molar-refractivity contribution in [3.63, 3.8) is 0 Å². The lowest BCUT2D eigenvalue weighted by Crippen LogP contribution is -2.32. The molecule has 2 amide bonds. The van der Waals surface area contributed by atoms with Crippen molar-refractivity contribution in [3.05, 3.63) is 47.3 Å². The maximum atomic E-state index is 12.4. The Bertz CT molecular complexity index is 692. The van der Waals surface area contributed by atoms with Crippen LogP contribution in [0.5, 0.6) is 0 Å². The van der Waals surface area contributed by atoms with E-state index in [4.69, 9.17) is 9.47 Å². The molecule has 0 saturated carbocycles. The molecule has 0 heterocycles. The largest absolute Gasteiger partial charge is 0.444 e. The molecule has 162 valence electrons. The average Bonchev–Trinajstić information content (AvgIpc) is 2.68. The molecule has 0 radical (unpaired) electrons. The van der Waals surface area contributed by atoms with Crippen molar-refractivity contribution < 1.29 is 19.1 Å². The number of alkyl carbamates (subject to hydrolysis) is 1. The highest BCUT2D eigenvalue weighted by atomic mass is 16.6. The van der Waals surface area contributed by atoms with Crippen LogP contribution in [-0.2, 0) is 14.3 Å². The molecule has 0 aromatic heterocycles. The van der Waals surface area contributed by atoms with E-state index in [9.17, 15) is 9.59 Å². The third-order valence-electron chi connectivity index (χ3n) is 3.99. The molecule has 0 aromatic carbocycles. The normalized spacial score (nSPS) is 14.8. The predicted octanol–water partition coefficient (Wildman–Crippen LogP) is 4.90. The van der Waals surface area contributed by atoms with E-state index in [1.165, 1.54) is 6.92 Å². The number of nitrogens with one attached hydrogen (secondary N) is 2. The topological polar surface area (TPSA) is 76.7 Å². The monoisotopic (exact) mass is 404 g/mol. The van der Waals surface area contributed by atoms with E-state index in [1.807, 2.05) is 20.8 Å². The van der Waals surface area contributed by atoms with Gasteiger partial charge in [0.05, 0.1) is 6.61 Å². The van der Waals surface area contributed by atoms with Crippen LogP contribution in [0, 0.1) is 0 Å². The molecule has 0 atom stereocenters. The lowest BCUT2D eigenvalue weighted by atomic mass is 9.97. The minimum atomic E-state index is -0.608. The summed E-state index contributed by atoms with van der Waals surface area (Å²) in [5.74, 6) is -0.165. The number of allylic oxidation sites excluding steroid dienone is 3. The average molecular weight is 405 g/mol. The van der Waals surface area contributed by atoms with Gasteiger partial charge in [-0.25, -0.2) is 4.79 Å². The summed E-state index contributed by atoms with van der Waals surface area (Å²) in [7, 11) is 0. The number of ether oxygens (including phenoxy) is 2. The van der Waals surface area contributed by atoms with Gasteiger partial charge in [-0.2, -0.15) is 0 Å². The van der Waals surface area contributed by atoms with Gasteiger partial charge < -0.3 is 14.8 Å². The van der Waals surface area contributed by atoms with Crippen LogP contribution in [0.2, 0.25) is 0 Å². The van der Waals surface area contributed by atoms with Gasteiger partial charge in [0.25, 0.3) is 0 Å². The number of carbonyl (C=O) groups excluding carboxylic acids is 2. The smallest absolute Gasteiger partial charge is 0.412 e. The first kappa shape index (κ1) is 24.7. The Morgan fingerprint density at radius 3 is 2.45 bits per heavy atom. The maximum absolute atomic E-state index is 12.4. The van der Waals surface area contributed by atoms with Gasteiger partial charge >= 0.3 is 6.09 Å². The minimum absolute atomic E-state index is 0.165. The van der Waals surface area contributed by atoms with Gasteiger partial charge in [0.2, 0.25) is 5.91 Å². The molecule has 0 aromatic rings. The molecule has 0 bridgehead atoms. The molecular weight excluding hydrogens is 368 g/mol. The number of amides is 2. The third-order valence-corrected chi connectivity index (χ3v) is 3.99. The highest BCUT2D eigenvalue weighted by molar-refractivity contribution is 5.76. The Kier molecular flexibility index (Phi) is 9.89. The van der Waals surface area contributed by atoms with Crippen molar-refractivity contribution in [1.82, 2.24) is 10.6 Å². The molecule has 1 aliphatic carbocycles. The van der Waals surface area contributed by atoms with Crippen molar-refractivity contribution in [1.29, 1.82) is 0 Å². The first-order chi connectivity index (χ1) is 13.5. The quantitative estimate of drug-likeness (QED) is 0.423. The van der Waals surface area contributed by atoms with Gasteiger partial charge in [0.15, 0.2) is 0 Å². The van der Waals surface area contributed by atoms with E-state index in [0.29, 0.717) is 37.3 Å². The van der Waals surface area contributed by atoms with Crippen LogP contribution in [0.4, 0.5) is 4.79 Å². The Morgan fingerprint density at radius 2 is 1.86 bits per heavy atom. The molecular formula is C23H36N2O4. The zero-order chi connectivity index (χ0) is 22.0. The summed E-state index contributed by atoms with van der Waals surface area (Å²) < 4.78 is 11.0. The molecule has 6 nitrogen and oxygen atoms in total. The SMILES string of the molecule is C=C(CCOCCC)CC1=C(NC(=O)OC(C)(C)C)C=C(NC(C)=O)CC(=C)C1. The third kappa shape index (κ3) is 10.7. The van der Waals surface area contributed by atoms with Crippen molar-refractivity contribution in [2.75, 3.05) is 13.2 Å². The molecule has 0 saturated heterocycles. The molecule has 0 fully saturated rings. The minimum Gasteiger partial charge on any atom is -0.444 e. The number of rotatable bonds is 9. The van der Waals surface area contributed by atoms with E-state index in [2.05, 4.69) is 30.7 Å². The summed E-state index contributed by atoms with van der Waals surface area (Å²) in [6.07, 6.45) is 4.75. The van der Waals surface area contributed by atoms with Crippen LogP contribution in [0.1, 0.15) is 66.7 Å². The summed E-state index contributed by atoms with van der Waals surface area (Å²) in [6, 6.07) is 0. The van der Waals surface area contributed by atoms with Crippen molar-refractivity contribution in [2.24, 2.45) is 0 Å². The van der Waals surface area contributed by atoms with Crippen molar-refractivity contribution in [3.8, 4) is 0 Å². The zero-order valence-electron chi connectivity index (χ0n) is 18.6. The molecule has 6 heteroatoms. The lowest BCUT2D eigenvalue weighted by molar-refractivity contribution is -0.118. The van der Waals surface area contributed by atoms with Gasteiger partial charge in [-0.15, -0.1) is 0 Å². The fourth-order valence-electron chi connectivity index (χ4n) is 2.91.